The number of hydrogen-bond acceptors (Lipinski definition) is 5. The normalized spacial score (nSPS) is 10.5. The second kappa shape index (κ2) is 5.16. The number of hydrogen-bond donors (Lipinski definition) is 0. The highest BCUT2D eigenvalue weighted by atomic mass is 16.5. The summed E-state index contributed by atoms with van der Waals surface area (Å²) in [6.07, 6.45) is 4.93. The molecule has 0 spiro atoms. The summed E-state index contributed by atoms with van der Waals surface area (Å²) in [7, 11) is 1.21. The molecule has 2 heterocycles. The largest absolute Gasteiger partial charge is 0.464 e. The van der Waals surface area contributed by atoms with Gasteiger partial charge in [-0.2, -0.15) is 5.10 Å². The van der Waals surface area contributed by atoms with Gasteiger partial charge in [-0.25, -0.2) is 9.48 Å². The van der Waals surface area contributed by atoms with Crippen molar-refractivity contribution in [1.82, 2.24) is 14.8 Å². The Morgan fingerprint density at radius 1 is 1.24 bits per heavy atom. The van der Waals surface area contributed by atoms with E-state index in [4.69, 9.17) is 0 Å². The maximum absolute atomic E-state index is 11.7. The Kier molecular flexibility index (Phi) is 3.19. The van der Waals surface area contributed by atoms with Crippen LogP contribution in [0.3, 0.4) is 0 Å². The third kappa shape index (κ3) is 2.27. The third-order valence-electron chi connectivity index (χ3n) is 3.09. The quantitative estimate of drug-likeness (QED) is 0.666. The van der Waals surface area contributed by atoms with Crippen molar-refractivity contribution >= 4 is 16.7 Å². The Balaban J connectivity index is 2.24. The van der Waals surface area contributed by atoms with Crippen molar-refractivity contribution in [2.24, 2.45) is 0 Å². The standard InChI is InChI=1S/C15H11N3O3/c1-21-15(20)14-13(19)6-8-18(17-14)12-4-2-3-10-9-16-7-5-11(10)12/h2-9H,1H3. The molecule has 6 nitrogen and oxygen atoms in total. The van der Waals surface area contributed by atoms with E-state index in [0.29, 0.717) is 0 Å². The van der Waals surface area contributed by atoms with E-state index in [9.17, 15) is 9.59 Å². The van der Waals surface area contributed by atoms with Crippen molar-refractivity contribution in [1.29, 1.82) is 0 Å². The first-order valence-corrected chi connectivity index (χ1v) is 6.22. The Hall–Kier alpha value is -3.02. The molecule has 21 heavy (non-hydrogen) atoms. The van der Waals surface area contributed by atoms with Gasteiger partial charge in [-0.3, -0.25) is 9.78 Å². The van der Waals surface area contributed by atoms with Gasteiger partial charge in [-0.15, -0.1) is 0 Å². The van der Waals surface area contributed by atoms with Crippen molar-refractivity contribution < 1.29 is 9.53 Å². The predicted molar refractivity (Wildman–Crippen MR) is 76.5 cm³/mol. The molecule has 0 aliphatic carbocycles. The second-order valence-corrected chi connectivity index (χ2v) is 4.34. The first-order valence-electron chi connectivity index (χ1n) is 6.22. The number of nitrogens with zero attached hydrogens (tertiary/aromatic N) is 3. The van der Waals surface area contributed by atoms with Crippen LogP contribution in [0.2, 0.25) is 0 Å². The van der Waals surface area contributed by atoms with E-state index in [-0.39, 0.29) is 5.69 Å². The van der Waals surface area contributed by atoms with Crippen LogP contribution in [-0.4, -0.2) is 27.8 Å². The fourth-order valence-electron chi connectivity index (χ4n) is 2.09. The molecule has 0 unspecified atom stereocenters. The smallest absolute Gasteiger partial charge is 0.362 e. The lowest BCUT2D eigenvalue weighted by Gasteiger charge is -2.09. The summed E-state index contributed by atoms with van der Waals surface area (Å²) in [6.45, 7) is 0. The Bertz CT molecular complexity index is 881. The van der Waals surface area contributed by atoms with Gasteiger partial charge < -0.3 is 4.74 Å². The fourth-order valence-corrected chi connectivity index (χ4v) is 2.09. The van der Waals surface area contributed by atoms with Crippen molar-refractivity contribution in [2.75, 3.05) is 7.11 Å². The van der Waals surface area contributed by atoms with Crippen molar-refractivity contribution in [3.8, 4) is 5.69 Å². The van der Waals surface area contributed by atoms with E-state index in [0.717, 1.165) is 16.5 Å². The maximum Gasteiger partial charge on any atom is 0.362 e. The average molecular weight is 281 g/mol. The third-order valence-corrected chi connectivity index (χ3v) is 3.09. The van der Waals surface area contributed by atoms with Gasteiger partial charge in [0.15, 0.2) is 0 Å². The topological polar surface area (TPSA) is 74.1 Å². The number of carbonyl (C=O) groups is 1. The van der Waals surface area contributed by atoms with Gasteiger partial charge in [-0.05, 0) is 12.1 Å². The Morgan fingerprint density at radius 3 is 2.90 bits per heavy atom. The molecule has 0 bridgehead atoms. The summed E-state index contributed by atoms with van der Waals surface area (Å²) < 4.78 is 6.05. The number of aromatic nitrogens is 3. The van der Waals surface area contributed by atoms with Crippen LogP contribution < -0.4 is 5.43 Å². The molecule has 0 saturated heterocycles. The molecule has 0 amide bonds. The van der Waals surface area contributed by atoms with Crippen LogP contribution in [0, 0.1) is 0 Å². The molecule has 3 rings (SSSR count). The number of pyridine rings is 1. The fraction of sp³-hybridized carbons (Fsp3) is 0.0667. The zero-order chi connectivity index (χ0) is 14.8. The summed E-state index contributed by atoms with van der Waals surface area (Å²) >= 11 is 0. The number of esters is 1. The van der Waals surface area contributed by atoms with Gasteiger partial charge in [0.2, 0.25) is 11.1 Å². The van der Waals surface area contributed by atoms with Crippen LogP contribution >= 0.6 is 0 Å². The summed E-state index contributed by atoms with van der Waals surface area (Å²) in [6, 6.07) is 8.77. The first-order chi connectivity index (χ1) is 10.2. The van der Waals surface area contributed by atoms with Crippen LogP contribution in [0.1, 0.15) is 10.5 Å². The molecule has 1 aromatic carbocycles. The van der Waals surface area contributed by atoms with Gasteiger partial charge in [0.05, 0.1) is 12.8 Å². The SMILES string of the molecule is COC(=O)c1nn(-c2cccc3cnccc23)ccc1=O. The molecule has 0 N–H and O–H groups in total. The van der Waals surface area contributed by atoms with E-state index in [1.165, 1.54) is 24.1 Å². The number of methoxy groups -OCH3 is 1. The lowest BCUT2D eigenvalue weighted by molar-refractivity contribution is 0.0590. The number of ether oxygens (including phenoxy) is 1. The molecule has 2 aromatic heterocycles. The summed E-state index contributed by atoms with van der Waals surface area (Å²) in [5.41, 5.74) is 0.0334. The molecular formula is C15H11N3O3. The number of rotatable bonds is 2. The van der Waals surface area contributed by atoms with Gasteiger partial charge in [0, 0.05) is 35.4 Å². The zero-order valence-electron chi connectivity index (χ0n) is 11.2. The maximum atomic E-state index is 11.7. The van der Waals surface area contributed by atoms with Gasteiger partial charge in [-0.1, -0.05) is 12.1 Å². The van der Waals surface area contributed by atoms with E-state index in [2.05, 4.69) is 14.8 Å². The highest BCUT2D eigenvalue weighted by molar-refractivity contribution is 5.90. The van der Waals surface area contributed by atoms with Crippen LogP contribution in [0.5, 0.6) is 0 Å². The molecule has 0 aliphatic rings. The predicted octanol–water partition coefficient (Wildman–Crippen LogP) is 1.57. The van der Waals surface area contributed by atoms with Crippen molar-refractivity contribution in [2.45, 2.75) is 0 Å². The highest BCUT2D eigenvalue weighted by Crippen LogP contribution is 2.20. The molecule has 104 valence electrons. The van der Waals surface area contributed by atoms with Crippen LogP contribution in [-0.2, 0) is 4.74 Å². The van der Waals surface area contributed by atoms with Crippen LogP contribution in [0.25, 0.3) is 16.5 Å². The summed E-state index contributed by atoms with van der Waals surface area (Å²) in [4.78, 5) is 27.3. The average Bonchev–Trinajstić information content (AvgIpc) is 2.54. The summed E-state index contributed by atoms with van der Waals surface area (Å²) in [5.74, 6) is -0.753. The van der Waals surface area contributed by atoms with Gasteiger partial charge in [0.1, 0.15) is 0 Å². The van der Waals surface area contributed by atoms with E-state index in [1.807, 2.05) is 24.3 Å². The molecule has 0 radical (unpaired) electrons. The molecule has 0 atom stereocenters. The zero-order valence-corrected chi connectivity index (χ0v) is 11.2. The highest BCUT2D eigenvalue weighted by Gasteiger charge is 2.14. The van der Waals surface area contributed by atoms with E-state index in [1.54, 1.807) is 12.4 Å². The monoisotopic (exact) mass is 281 g/mol. The minimum atomic E-state index is -0.753. The van der Waals surface area contributed by atoms with E-state index < -0.39 is 11.4 Å². The Morgan fingerprint density at radius 2 is 2.10 bits per heavy atom. The molecule has 0 aliphatic heterocycles. The minimum absolute atomic E-state index is 0.244. The molecular weight excluding hydrogens is 270 g/mol. The van der Waals surface area contributed by atoms with Gasteiger partial charge in [0.25, 0.3) is 0 Å². The van der Waals surface area contributed by atoms with Crippen LogP contribution in [0.15, 0.2) is 53.7 Å². The lowest BCUT2D eigenvalue weighted by Crippen LogP contribution is -2.21. The minimum Gasteiger partial charge on any atom is -0.464 e. The van der Waals surface area contributed by atoms with E-state index >= 15 is 0 Å². The first kappa shape index (κ1) is 13.0. The molecule has 6 heteroatoms. The number of carbonyl (C=O) groups excluding carboxylic acids is 1. The van der Waals surface area contributed by atoms with Gasteiger partial charge >= 0.3 is 5.97 Å². The van der Waals surface area contributed by atoms with Crippen molar-refractivity contribution in [3.63, 3.8) is 0 Å². The molecule has 0 saturated carbocycles. The van der Waals surface area contributed by atoms with Crippen LogP contribution in [0.4, 0.5) is 0 Å². The Labute approximate surface area is 119 Å². The molecule has 0 fully saturated rings. The second-order valence-electron chi connectivity index (χ2n) is 4.34. The lowest BCUT2D eigenvalue weighted by atomic mass is 10.1. The summed E-state index contributed by atoms with van der Waals surface area (Å²) in [5, 5.41) is 5.93. The molecule has 3 aromatic rings. The number of fused-ring (bicyclic) bond motifs is 1. The number of benzene rings is 1. The van der Waals surface area contributed by atoms with Crippen molar-refractivity contribution in [3.05, 3.63) is 64.8 Å².